The van der Waals surface area contributed by atoms with Crippen molar-refractivity contribution in [1.82, 2.24) is 10.2 Å². The first-order chi connectivity index (χ1) is 11.9. The predicted octanol–water partition coefficient (Wildman–Crippen LogP) is 1.51. The summed E-state index contributed by atoms with van der Waals surface area (Å²) in [4.78, 5) is 26.3. The molecule has 138 valence electrons. The molecule has 0 saturated carbocycles. The maximum absolute atomic E-state index is 13.4. The number of benzene rings is 1. The molecule has 6 nitrogen and oxygen atoms in total. The zero-order valence-corrected chi connectivity index (χ0v) is 14.8. The van der Waals surface area contributed by atoms with Gasteiger partial charge in [-0.1, -0.05) is 26.0 Å². The maximum Gasteiger partial charge on any atom is 0.246 e. The number of ether oxygens (including phenoxy) is 2. The first-order valence-corrected chi connectivity index (χ1v) is 8.36. The smallest absolute Gasteiger partial charge is 0.246 e. The molecule has 1 heterocycles. The minimum atomic E-state index is -0.631. The number of rotatable bonds is 6. The van der Waals surface area contributed by atoms with Gasteiger partial charge in [-0.3, -0.25) is 9.59 Å². The molecule has 1 aromatic rings. The molecule has 2 rings (SSSR count). The zero-order chi connectivity index (χ0) is 18.4. The van der Waals surface area contributed by atoms with Crippen LogP contribution in [0.2, 0.25) is 0 Å². The van der Waals surface area contributed by atoms with Crippen molar-refractivity contribution in [3.05, 3.63) is 35.6 Å². The first-order valence-electron chi connectivity index (χ1n) is 8.36. The molecule has 1 unspecified atom stereocenters. The van der Waals surface area contributed by atoms with Crippen LogP contribution in [-0.4, -0.2) is 56.2 Å². The molecule has 1 aromatic carbocycles. The van der Waals surface area contributed by atoms with Gasteiger partial charge in [-0.2, -0.15) is 0 Å². The third-order valence-electron chi connectivity index (χ3n) is 4.12. The number of nitrogens with zero attached hydrogens (tertiary/aromatic N) is 1. The fourth-order valence-corrected chi connectivity index (χ4v) is 2.81. The van der Waals surface area contributed by atoms with Crippen molar-refractivity contribution in [3.8, 4) is 0 Å². The highest BCUT2D eigenvalue weighted by Crippen LogP contribution is 2.23. The Morgan fingerprint density at radius 3 is 2.84 bits per heavy atom. The van der Waals surface area contributed by atoms with E-state index in [9.17, 15) is 14.0 Å². The van der Waals surface area contributed by atoms with Crippen LogP contribution in [-0.2, 0) is 19.1 Å². The van der Waals surface area contributed by atoms with Crippen LogP contribution in [0.15, 0.2) is 24.3 Å². The van der Waals surface area contributed by atoms with Crippen LogP contribution in [0.4, 0.5) is 4.39 Å². The third-order valence-corrected chi connectivity index (χ3v) is 4.12. The molecule has 0 spiro atoms. The van der Waals surface area contributed by atoms with Gasteiger partial charge in [0, 0.05) is 13.7 Å². The predicted molar refractivity (Wildman–Crippen MR) is 90.3 cm³/mol. The topological polar surface area (TPSA) is 67.9 Å². The number of halogens is 1. The van der Waals surface area contributed by atoms with Crippen LogP contribution in [0.1, 0.15) is 25.5 Å². The molecule has 2 amide bonds. The number of morpholine rings is 1. The summed E-state index contributed by atoms with van der Waals surface area (Å²) < 4.78 is 23.9. The Bertz CT molecular complexity index is 608. The van der Waals surface area contributed by atoms with Crippen LogP contribution >= 0.6 is 0 Å². The van der Waals surface area contributed by atoms with Crippen molar-refractivity contribution >= 4 is 11.8 Å². The quantitative estimate of drug-likeness (QED) is 0.843. The first kappa shape index (κ1) is 19.3. The fourth-order valence-electron chi connectivity index (χ4n) is 2.81. The standard InChI is InChI=1S/C18H25FN2O4/c1-12(2)17(20-16(22)11-24-3)18(23)21-7-8-25-15(10-21)13-5-4-6-14(19)9-13/h4-6,9,12,15,17H,7-8,10-11H2,1-3H3,(H,20,22)/t15?,17-/m0/s1. The van der Waals surface area contributed by atoms with E-state index in [1.165, 1.54) is 19.2 Å². The fraction of sp³-hybridized carbons (Fsp3) is 0.556. The lowest BCUT2D eigenvalue weighted by Gasteiger charge is -2.36. The van der Waals surface area contributed by atoms with E-state index in [1.54, 1.807) is 17.0 Å². The van der Waals surface area contributed by atoms with Crippen molar-refractivity contribution < 1.29 is 23.5 Å². The highest BCUT2D eigenvalue weighted by atomic mass is 19.1. The van der Waals surface area contributed by atoms with Crippen LogP contribution < -0.4 is 5.32 Å². The minimum absolute atomic E-state index is 0.0660. The summed E-state index contributed by atoms with van der Waals surface area (Å²) in [5.74, 6) is -0.895. The van der Waals surface area contributed by atoms with E-state index in [0.29, 0.717) is 25.3 Å². The van der Waals surface area contributed by atoms with Gasteiger partial charge >= 0.3 is 0 Å². The average Bonchev–Trinajstić information content (AvgIpc) is 2.59. The summed E-state index contributed by atoms with van der Waals surface area (Å²) in [6.45, 7) is 4.79. The SMILES string of the molecule is COCC(=O)N[C@H](C(=O)N1CCOC(c2cccc(F)c2)C1)C(C)C. The largest absolute Gasteiger partial charge is 0.375 e. The van der Waals surface area contributed by atoms with Gasteiger partial charge in [0.05, 0.1) is 13.2 Å². The van der Waals surface area contributed by atoms with Crippen molar-refractivity contribution in [2.75, 3.05) is 33.4 Å². The number of methoxy groups -OCH3 is 1. The Morgan fingerprint density at radius 1 is 1.44 bits per heavy atom. The molecule has 0 radical (unpaired) electrons. The van der Waals surface area contributed by atoms with Gasteiger partial charge in [-0.05, 0) is 23.6 Å². The third kappa shape index (κ3) is 5.24. The van der Waals surface area contributed by atoms with Gasteiger partial charge in [0.2, 0.25) is 11.8 Å². The van der Waals surface area contributed by atoms with Crippen molar-refractivity contribution in [2.24, 2.45) is 5.92 Å². The van der Waals surface area contributed by atoms with Crippen molar-refractivity contribution in [2.45, 2.75) is 26.0 Å². The Morgan fingerprint density at radius 2 is 2.20 bits per heavy atom. The summed E-state index contributed by atoms with van der Waals surface area (Å²) in [5, 5.41) is 2.72. The van der Waals surface area contributed by atoms with Crippen LogP contribution in [0.25, 0.3) is 0 Å². The van der Waals surface area contributed by atoms with E-state index in [0.717, 1.165) is 0 Å². The van der Waals surface area contributed by atoms with E-state index in [-0.39, 0.29) is 36.3 Å². The molecule has 25 heavy (non-hydrogen) atoms. The second-order valence-corrected chi connectivity index (χ2v) is 6.42. The number of carbonyl (C=O) groups excluding carboxylic acids is 2. The maximum atomic E-state index is 13.4. The Balaban J connectivity index is 2.07. The van der Waals surface area contributed by atoms with E-state index in [1.807, 2.05) is 13.8 Å². The number of hydrogen-bond donors (Lipinski definition) is 1. The van der Waals surface area contributed by atoms with E-state index >= 15 is 0 Å². The molecular formula is C18H25FN2O4. The highest BCUT2D eigenvalue weighted by Gasteiger charge is 2.32. The Labute approximate surface area is 147 Å². The van der Waals surface area contributed by atoms with E-state index in [2.05, 4.69) is 5.32 Å². The van der Waals surface area contributed by atoms with Crippen molar-refractivity contribution in [1.29, 1.82) is 0 Å². The molecule has 0 aromatic heterocycles. The molecule has 2 atom stereocenters. The Kier molecular flexibility index (Phi) is 6.90. The van der Waals surface area contributed by atoms with Gasteiger partial charge in [-0.25, -0.2) is 4.39 Å². The highest BCUT2D eigenvalue weighted by molar-refractivity contribution is 5.88. The second-order valence-electron chi connectivity index (χ2n) is 6.42. The van der Waals surface area contributed by atoms with Crippen LogP contribution in [0.3, 0.4) is 0 Å². The Hall–Kier alpha value is -1.99. The molecule has 0 bridgehead atoms. The lowest BCUT2D eigenvalue weighted by molar-refractivity contribution is -0.144. The molecule has 1 saturated heterocycles. The second kappa shape index (κ2) is 8.92. The van der Waals surface area contributed by atoms with Gasteiger partial charge in [0.25, 0.3) is 0 Å². The van der Waals surface area contributed by atoms with Gasteiger partial charge in [-0.15, -0.1) is 0 Å². The monoisotopic (exact) mass is 352 g/mol. The summed E-state index contributed by atoms with van der Waals surface area (Å²) in [6, 6.07) is 5.56. The minimum Gasteiger partial charge on any atom is -0.375 e. The summed E-state index contributed by atoms with van der Waals surface area (Å²) in [6.07, 6.45) is -0.379. The lowest BCUT2D eigenvalue weighted by atomic mass is 10.0. The van der Waals surface area contributed by atoms with Gasteiger partial charge in [0.15, 0.2) is 0 Å². The van der Waals surface area contributed by atoms with Gasteiger partial charge in [0.1, 0.15) is 24.6 Å². The van der Waals surface area contributed by atoms with Crippen LogP contribution in [0.5, 0.6) is 0 Å². The normalized spacial score (nSPS) is 18.9. The number of hydrogen-bond acceptors (Lipinski definition) is 4. The van der Waals surface area contributed by atoms with E-state index < -0.39 is 6.04 Å². The lowest BCUT2D eigenvalue weighted by Crippen LogP contribution is -2.54. The molecule has 7 heteroatoms. The van der Waals surface area contributed by atoms with Crippen LogP contribution in [0, 0.1) is 11.7 Å². The summed E-state index contributed by atoms with van der Waals surface area (Å²) >= 11 is 0. The number of carbonyl (C=O) groups is 2. The summed E-state index contributed by atoms with van der Waals surface area (Å²) in [5.41, 5.74) is 0.696. The molecule has 1 N–H and O–H groups in total. The van der Waals surface area contributed by atoms with Gasteiger partial charge < -0.3 is 19.7 Å². The number of amides is 2. The summed E-state index contributed by atoms with van der Waals surface area (Å²) in [7, 11) is 1.43. The average molecular weight is 352 g/mol. The molecule has 1 aliphatic rings. The number of nitrogens with one attached hydrogen (secondary N) is 1. The van der Waals surface area contributed by atoms with E-state index in [4.69, 9.17) is 9.47 Å². The molecular weight excluding hydrogens is 327 g/mol. The molecule has 0 aliphatic carbocycles. The molecule has 1 fully saturated rings. The molecule has 1 aliphatic heterocycles. The zero-order valence-electron chi connectivity index (χ0n) is 14.8. The van der Waals surface area contributed by atoms with Crippen molar-refractivity contribution in [3.63, 3.8) is 0 Å².